The molecule has 29 heavy (non-hydrogen) atoms. The van der Waals surface area contributed by atoms with Crippen molar-refractivity contribution in [3.8, 4) is 0 Å². The van der Waals surface area contributed by atoms with Crippen LogP contribution in [-0.4, -0.2) is 45.5 Å². The van der Waals surface area contributed by atoms with Crippen LogP contribution in [0.25, 0.3) is 0 Å². The van der Waals surface area contributed by atoms with Crippen LogP contribution in [0.5, 0.6) is 0 Å². The SMILES string of the molecule is CCCCNC(=O)NC(=O)COC(=O)[C@@H](NS(=O)(=O)c1ccc(Br)cc1)C(C)C. The maximum atomic E-state index is 12.5. The standard InChI is InChI=1S/C18H26BrN3O6S/c1-4-5-10-20-18(25)21-15(23)11-28-17(24)16(12(2)3)22-29(26,27)14-8-6-13(19)7-9-14/h6-9,12,16,22H,4-5,10-11H2,1-3H3,(H2,20,21,23,25)/t16-/m0/s1. The Kier molecular flexibility index (Phi) is 10.3. The predicted octanol–water partition coefficient (Wildman–Crippen LogP) is 1.92. The second kappa shape index (κ2) is 11.9. The summed E-state index contributed by atoms with van der Waals surface area (Å²) >= 11 is 3.22. The van der Waals surface area contributed by atoms with Gasteiger partial charge in [-0.05, 0) is 36.6 Å². The lowest BCUT2D eigenvalue weighted by Crippen LogP contribution is -2.47. The maximum Gasteiger partial charge on any atom is 0.324 e. The van der Waals surface area contributed by atoms with Gasteiger partial charge in [-0.3, -0.25) is 14.9 Å². The first kappa shape index (κ1) is 25.1. The van der Waals surface area contributed by atoms with E-state index in [1.807, 2.05) is 12.2 Å². The zero-order valence-electron chi connectivity index (χ0n) is 16.5. The molecule has 0 heterocycles. The Bertz CT molecular complexity index is 811. The summed E-state index contributed by atoms with van der Waals surface area (Å²) in [6.45, 7) is 4.95. The fraction of sp³-hybridized carbons (Fsp3) is 0.500. The summed E-state index contributed by atoms with van der Waals surface area (Å²) in [6, 6.07) is 4.02. The summed E-state index contributed by atoms with van der Waals surface area (Å²) < 4.78 is 32.9. The van der Waals surface area contributed by atoms with Gasteiger partial charge >= 0.3 is 12.0 Å². The number of rotatable bonds is 10. The van der Waals surface area contributed by atoms with Crippen molar-refractivity contribution in [2.45, 2.75) is 44.6 Å². The minimum atomic E-state index is -3.97. The number of halogens is 1. The fourth-order valence-corrected chi connectivity index (χ4v) is 3.71. The van der Waals surface area contributed by atoms with Gasteiger partial charge in [-0.25, -0.2) is 13.2 Å². The largest absolute Gasteiger partial charge is 0.454 e. The van der Waals surface area contributed by atoms with Gasteiger partial charge in [0.05, 0.1) is 4.90 Å². The van der Waals surface area contributed by atoms with E-state index in [9.17, 15) is 22.8 Å². The number of ether oxygens (including phenoxy) is 1. The molecule has 1 aromatic rings. The van der Waals surface area contributed by atoms with Crippen LogP contribution in [0, 0.1) is 5.92 Å². The average molecular weight is 492 g/mol. The number of hydrogen-bond acceptors (Lipinski definition) is 6. The predicted molar refractivity (Wildman–Crippen MR) is 110 cm³/mol. The highest BCUT2D eigenvalue weighted by molar-refractivity contribution is 9.10. The molecule has 0 spiro atoms. The second-order valence-electron chi connectivity index (χ2n) is 6.56. The number of carbonyl (C=O) groups is 3. The Morgan fingerprint density at radius 3 is 2.31 bits per heavy atom. The van der Waals surface area contributed by atoms with Crippen molar-refractivity contribution in [3.05, 3.63) is 28.7 Å². The molecule has 0 saturated heterocycles. The molecule has 11 heteroatoms. The first-order valence-corrected chi connectivity index (χ1v) is 11.4. The molecule has 1 atom stereocenters. The molecule has 0 aromatic heterocycles. The Balaban J connectivity index is 2.65. The molecule has 0 saturated carbocycles. The molecule has 9 nitrogen and oxygen atoms in total. The van der Waals surface area contributed by atoms with Crippen LogP contribution in [0.4, 0.5) is 4.79 Å². The van der Waals surface area contributed by atoms with Crippen LogP contribution < -0.4 is 15.4 Å². The maximum absolute atomic E-state index is 12.5. The molecule has 0 fully saturated rings. The molecule has 0 aliphatic rings. The quantitative estimate of drug-likeness (QED) is 0.338. The summed E-state index contributed by atoms with van der Waals surface area (Å²) in [5, 5.41) is 4.52. The third-order valence-corrected chi connectivity index (χ3v) is 5.73. The van der Waals surface area contributed by atoms with Gasteiger partial charge in [-0.2, -0.15) is 4.72 Å². The van der Waals surface area contributed by atoms with E-state index < -0.39 is 46.5 Å². The van der Waals surface area contributed by atoms with Gasteiger partial charge in [-0.1, -0.05) is 43.1 Å². The Labute approximate surface area is 179 Å². The van der Waals surface area contributed by atoms with Crippen LogP contribution in [0.2, 0.25) is 0 Å². The number of hydrogen-bond donors (Lipinski definition) is 3. The normalized spacial score (nSPS) is 12.3. The minimum absolute atomic E-state index is 0.0133. The van der Waals surface area contributed by atoms with E-state index in [0.29, 0.717) is 11.0 Å². The fourth-order valence-electron chi connectivity index (χ4n) is 2.12. The van der Waals surface area contributed by atoms with Crippen LogP contribution in [0.15, 0.2) is 33.6 Å². The van der Waals surface area contributed by atoms with Crippen molar-refractivity contribution in [2.24, 2.45) is 5.92 Å². The number of unbranched alkanes of at least 4 members (excludes halogenated alkanes) is 1. The third-order valence-electron chi connectivity index (χ3n) is 3.74. The molecule has 1 aromatic carbocycles. The Morgan fingerprint density at radius 1 is 1.14 bits per heavy atom. The molecule has 0 bridgehead atoms. The molecule has 162 valence electrons. The van der Waals surface area contributed by atoms with Crippen molar-refractivity contribution in [1.29, 1.82) is 0 Å². The summed E-state index contributed by atoms with van der Waals surface area (Å²) in [4.78, 5) is 35.5. The van der Waals surface area contributed by atoms with E-state index in [-0.39, 0.29) is 4.90 Å². The number of urea groups is 1. The van der Waals surface area contributed by atoms with Gasteiger partial charge in [-0.15, -0.1) is 0 Å². The number of sulfonamides is 1. The van der Waals surface area contributed by atoms with Crippen LogP contribution in [-0.2, 0) is 24.3 Å². The van der Waals surface area contributed by atoms with Gasteiger partial charge in [0.1, 0.15) is 6.04 Å². The number of esters is 1. The molecular formula is C18H26BrN3O6S. The van der Waals surface area contributed by atoms with E-state index >= 15 is 0 Å². The van der Waals surface area contributed by atoms with E-state index in [2.05, 4.69) is 26.0 Å². The van der Waals surface area contributed by atoms with Crippen molar-refractivity contribution < 1.29 is 27.5 Å². The molecule has 0 aliphatic heterocycles. The molecule has 1 rings (SSSR count). The number of carbonyl (C=O) groups excluding carboxylic acids is 3. The number of benzene rings is 1. The third kappa shape index (κ3) is 8.92. The molecule has 3 N–H and O–H groups in total. The highest BCUT2D eigenvalue weighted by atomic mass is 79.9. The number of nitrogens with one attached hydrogen (secondary N) is 3. The molecule has 3 amide bonds. The topological polar surface area (TPSA) is 131 Å². The van der Waals surface area contributed by atoms with Gasteiger partial charge in [0.25, 0.3) is 5.91 Å². The summed E-state index contributed by atoms with van der Waals surface area (Å²) in [5.74, 6) is -2.17. The summed E-state index contributed by atoms with van der Waals surface area (Å²) in [6.07, 6.45) is 1.66. The Morgan fingerprint density at radius 2 is 1.76 bits per heavy atom. The van der Waals surface area contributed by atoms with E-state index in [1.54, 1.807) is 26.0 Å². The van der Waals surface area contributed by atoms with Crippen LogP contribution in [0.1, 0.15) is 33.6 Å². The molecular weight excluding hydrogens is 466 g/mol. The number of imide groups is 1. The van der Waals surface area contributed by atoms with Crippen LogP contribution in [0.3, 0.4) is 0 Å². The highest BCUT2D eigenvalue weighted by Crippen LogP contribution is 2.16. The van der Waals surface area contributed by atoms with Gasteiger partial charge < -0.3 is 10.1 Å². The first-order chi connectivity index (χ1) is 13.6. The zero-order valence-corrected chi connectivity index (χ0v) is 18.9. The van der Waals surface area contributed by atoms with E-state index in [1.165, 1.54) is 12.1 Å². The number of amides is 3. The van der Waals surface area contributed by atoms with Gasteiger partial charge in [0.2, 0.25) is 10.0 Å². The first-order valence-electron chi connectivity index (χ1n) is 9.09. The summed E-state index contributed by atoms with van der Waals surface area (Å²) in [5.41, 5.74) is 0. The van der Waals surface area contributed by atoms with Crippen molar-refractivity contribution >= 4 is 43.9 Å². The smallest absolute Gasteiger partial charge is 0.324 e. The van der Waals surface area contributed by atoms with Crippen LogP contribution >= 0.6 is 15.9 Å². The monoisotopic (exact) mass is 491 g/mol. The second-order valence-corrected chi connectivity index (χ2v) is 9.19. The van der Waals surface area contributed by atoms with Gasteiger partial charge in [0.15, 0.2) is 6.61 Å². The molecule has 0 unspecified atom stereocenters. The lowest BCUT2D eigenvalue weighted by molar-refractivity contribution is -0.150. The van der Waals surface area contributed by atoms with Crippen molar-refractivity contribution in [3.63, 3.8) is 0 Å². The lowest BCUT2D eigenvalue weighted by Gasteiger charge is -2.20. The van der Waals surface area contributed by atoms with Gasteiger partial charge in [0, 0.05) is 11.0 Å². The Hall–Kier alpha value is -1.98. The van der Waals surface area contributed by atoms with Crippen molar-refractivity contribution in [2.75, 3.05) is 13.2 Å². The highest BCUT2D eigenvalue weighted by Gasteiger charge is 2.30. The molecule has 0 aliphatic carbocycles. The lowest BCUT2D eigenvalue weighted by atomic mass is 10.1. The molecule has 0 radical (unpaired) electrons. The van der Waals surface area contributed by atoms with Crippen molar-refractivity contribution in [1.82, 2.24) is 15.4 Å². The van der Waals surface area contributed by atoms with E-state index in [0.717, 1.165) is 12.8 Å². The average Bonchev–Trinajstić information content (AvgIpc) is 2.64. The summed E-state index contributed by atoms with van der Waals surface area (Å²) in [7, 11) is -3.97. The zero-order chi connectivity index (χ0) is 22.0. The van der Waals surface area contributed by atoms with E-state index in [4.69, 9.17) is 4.74 Å². The minimum Gasteiger partial charge on any atom is -0.454 e.